The van der Waals surface area contributed by atoms with Crippen LogP contribution in [0.4, 0.5) is 5.82 Å². The van der Waals surface area contributed by atoms with E-state index in [0.717, 1.165) is 35.7 Å². The van der Waals surface area contributed by atoms with Gasteiger partial charge in [0.15, 0.2) is 11.9 Å². The summed E-state index contributed by atoms with van der Waals surface area (Å²) in [6.07, 6.45) is 3.80. The number of unbranched alkanes of at least 4 members (excludes halogenated alkanes) is 1. The predicted molar refractivity (Wildman–Crippen MR) is 118 cm³/mol. The van der Waals surface area contributed by atoms with E-state index in [1.165, 1.54) is 5.56 Å². The Balaban J connectivity index is 1.31. The first-order chi connectivity index (χ1) is 14.6. The minimum atomic E-state index is -0.532. The second kappa shape index (κ2) is 8.82. The molecule has 0 fully saturated rings. The molecular weight excluding hydrogens is 378 g/mol. The number of aryl methyl sites for hydroxylation is 1. The molecule has 2 heterocycles. The minimum Gasteiger partial charge on any atom is -0.481 e. The van der Waals surface area contributed by atoms with E-state index in [0.29, 0.717) is 23.6 Å². The molecule has 0 spiro atoms. The molecule has 0 aliphatic heterocycles. The summed E-state index contributed by atoms with van der Waals surface area (Å²) in [7, 11) is 0. The molecule has 0 bridgehead atoms. The van der Waals surface area contributed by atoms with Gasteiger partial charge in [0.25, 0.3) is 5.91 Å². The van der Waals surface area contributed by atoms with E-state index in [-0.39, 0.29) is 5.91 Å². The third-order valence-electron chi connectivity index (χ3n) is 5.10. The monoisotopic (exact) mass is 403 g/mol. The number of aromatic amines is 1. The van der Waals surface area contributed by atoms with E-state index >= 15 is 0 Å². The van der Waals surface area contributed by atoms with E-state index in [2.05, 4.69) is 26.3 Å². The zero-order valence-corrected chi connectivity index (χ0v) is 16.9. The summed E-state index contributed by atoms with van der Waals surface area (Å²) < 4.78 is 5.65. The van der Waals surface area contributed by atoms with Gasteiger partial charge < -0.3 is 20.8 Å². The summed E-state index contributed by atoms with van der Waals surface area (Å²) in [5, 5.41) is 4.01. The molecule has 2 aromatic carbocycles. The number of hydrogen-bond acceptors (Lipinski definition) is 5. The van der Waals surface area contributed by atoms with Crippen LogP contribution in [0.3, 0.4) is 0 Å². The third-order valence-corrected chi connectivity index (χ3v) is 5.10. The van der Waals surface area contributed by atoms with Crippen molar-refractivity contribution in [3.05, 3.63) is 60.4 Å². The van der Waals surface area contributed by atoms with Crippen LogP contribution in [-0.4, -0.2) is 33.5 Å². The van der Waals surface area contributed by atoms with Crippen LogP contribution in [0, 0.1) is 0 Å². The maximum Gasteiger partial charge on any atom is 0.260 e. The number of imidazole rings is 1. The van der Waals surface area contributed by atoms with Gasteiger partial charge in [-0.15, -0.1) is 0 Å². The summed E-state index contributed by atoms with van der Waals surface area (Å²) in [5.74, 6) is 1.02. The fourth-order valence-electron chi connectivity index (χ4n) is 3.59. The van der Waals surface area contributed by atoms with Crippen molar-refractivity contribution in [1.29, 1.82) is 0 Å². The van der Waals surface area contributed by atoms with Crippen LogP contribution in [0.15, 0.2) is 54.9 Å². The summed E-state index contributed by atoms with van der Waals surface area (Å²) >= 11 is 0. The average molecular weight is 403 g/mol. The van der Waals surface area contributed by atoms with Crippen LogP contribution in [0.2, 0.25) is 0 Å². The highest BCUT2D eigenvalue weighted by molar-refractivity contribution is 6.07. The molecule has 1 atom stereocenters. The van der Waals surface area contributed by atoms with Crippen molar-refractivity contribution in [3.8, 4) is 5.75 Å². The Kier molecular flexibility index (Phi) is 5.79. The number of para-hydroxylation sites is 1. The zero-order valence-electron chi connectivity index (χ0n) is 16.9. The van der Waals surface area contributed by atoms with Crippen molar-refractivity contribution in [2.45, 2.75) is 32.3 Å². The van der Waals surface area contributed by atoms with E-state index in [1.54, 1.807) is 13.3 Å². The van der Waals surface area contributed by atoms with E-state index in [9.17, 15) is 4.79 Å². The highest BCUT2D eigenvalue weighted by Gasteiger charge is 2.14. The number of nitrogens with one attached hydrogen (secondary N) is 2. The molecule has 1 amide bonds. The SMILES string of the molecule is CC(Oc1ccccc1)C(=O)NCCCCc1cccc2nc(N)c3nc[nH]c3c12. The number of ether oxygens (including phenoxy) is 1. The number of hydrogen-bond donors (Lipinski definition) is 3. The molecule has 4 N–H and O–H groups in total. The molecule has 0 aliphatic rings. The van der Waals surface area contributed by atoms with Crippen molar-refractivity contribution in [3.63, 3.8) is 0 Å². The number of pyridine rings is 1. The minimum absolute atomic E-state index is 0.108. The predicted octanol–water partition coefficient (Wildman–Crippen LogP) is 3.60. The topological polar surface area (TPSA) is 106 Å². The Labute approximate surface area is 174 Å². The quantitative estimate of drug-likeness (QED) is 0.390. The molecule has 0 aliphatic carbocycles. The van der Waals surface area contributed by atoms with Gasteiger partial charge in [0.2, 0.25) is 0 Å². The van der Waals surface area contributed by atoms with Crippen LogP contribution in [0.1, 0.15) is 25.3 Å². The Hall–Kier alpha value is -3.61. The van der Waals surface area contributed by atoms with Gasteiger partial charge in [-0.25, -0.2) is 9.97 Å². The second-order valence-electron chi connectivity index (χ2n) is 7.26. The van der Waals surface area contributed by atoms with Gasteiger partial charge in [-0.05, 0) is 49.9 Å². The van der Waals surface area contributed by atoms with Gasteiger partial charge in [-0.1, -0.05) is 30.3 Å². The van der Waals surface area contributed by atoms with E-state index in [4.69, 9.17) is 10.5 Å². The molecule has 7 heteroatoms. The molecule has 30 heavy (non-hydrogen) atoms. The number of nitrogen functional groups attached to an aromatic ring is 1. The number of rotatable bonds is 8. The van der Waals surface area contributed by atoms with Crippen molar-refractivity contribution in [2.75, 3.05) is 12.3 Å². The smallest absolute Gasteiger partial charge is 0.260 e. The highest BCUT2D eigenvalue weighted by atomic mass is 16.5. The number of nitrogens with zero attached hydrogens (tertiary/aromatic N) is 2. The lowest BCUT2D eigenvalue weighted by Crippen LogP contribution is -2.36. The van der Waals surface area contributed by atoms with Crippen LogP contribution < -0.4 is 15.8 Å². The zero-order chi connectivity index (χ0) is 20.9. The van der Waals surface area contributed by atoms with Crippen molar-refractivity contribution >= 4 is 33.7 Å². The summed E-state index contributed by atoms with van der Waals surface area (Å²) in [5.41, 5.74) is 9.70. The lowest BCUT2D eigenvalue weighted by atomic mass is 10.0. The number of nitrogens with two attached hydrogens (primary N) is 1. The summed E-state index contributed by atoms with van der Waals surface area (Å²) in [6, 6.07) is 15.4. The summed E-state index contributed by atoms with van der Waals surface area (Å²) in [6.45, 7) is 2.36. The molecule has 1 unspecified atom stereocenters. The molecule has 0 saturated heterocycles. The molecule has 4 rings (SSSR count). The number of amides is 1. The first kappa shape index (κ1) is 19.7. The van der Waals surface area contributed by atoms with Crippen molar-refractivity contribution in [2.24, 2.45) is 0 Å². The van der Waals surface area contributed by atoms with Crippen LogP contribution >= 0.6 is 0 Å². The van der Waals surface area contributed by atoms with Gasteiger partial charge in [-0.2, -0.15) is 0 Å². The molecule has 154 valence electrons. The Bertz CT molecular complexity index is 1160. The van der Waals surface area contributed by atoms with Gasteiger partial charge in [0.05, 0.1) is 17.4 Å². The molecule has 0 saturated carbocycles. The fourth-order valence-corrected chi connectivity index (χ4v) is 3.59. The number of carbonyl (C=O) groups is 1. The maximum absolute atomic E-state index is 12.2. The number of carbonyl (C=O) groups excluding carboxylic acids is 1. The Morgan fingerprint density at radius 1 is 1.17 bits per heavy atom. The second-order valence-corrected chi connectivity index (χ2v) is 7.26. The largest absolute Gasteiger partial charge is 0.481 e. The lowest BCUT2D eigenvalue weighted by molar-refractivity contribution is -0.127. The maximum atomic E-state index is 12.2. The summed E-state index contributed by atoms with van der Waals surface area (Å²) in [4.78, 5) is 24.2. The van der Waals surface area contributed by atoms with Crippen LogP contribution in [0.5, 0.6) is 5.75 Å². The van der Waals surface area contributed by atoms with Gasteiger partial charge in [0.1, 0.15) is 11.3 Å². The van der Waals surface area contributed by atoms with Crippen LogP contribution in [0.25, 0.3) is 21.9 Å². The molecule has 4 aromatic rings. The number of H-pyrrole nitrogens is 1. The third kappa shape index (κ3) is 4.20. The van der Waals surface area contributed by atoms with Crippen LogP contribution in [-0.2, 0) is 11.2 Å². The number of anilines is 1. The van der Waals surface area contributed by atoms with Crippen molar-refractivity contribution in [1.82, 2.24) is 20.3 Å². The van der Waals surface area contributed by atoms with E-state index < -0.39 is 6.10 Å². The van der Waals surface area contributed by atoms with Gasteiger partial charge in [0, 0.05) is 11.9 Å². The molecular formula is C23H25N5O2. The van der Waals surface area contributed by atoms with Gasteiger partial charge in [-0.3, -0.25) is 4.79 Å². The molecule has 0 radical (unpaired) electrons. The Morgan fingerprint density at radius 2 is 2.00 bits per heavy atom. The highest BCUT2D eigenvalue weighted by Crippen LogP contribution is 2.28. The number of aromatic nitrogens is 3. The van der Waals surface area contributed by atoms with Crippen molar-refractivity contribution < 1.29 is 9.53 Å². The fraction of sp³-hybridized carbons (Fsp3) is 0.261. The first-order valence-corrected chi connectivity index (χ1v) is 10.1. The average Bonchev–Trinajstić information content (AvgIpc) is 3.24. The number of benzene rings is 2. The first-order valence-electron chi connectivity index (χ1n) is 10.1. The van der Waals surface area contributed by atoms with E-state index in [1.807, 2.05) is 42.5 Å². The molecule has 2 aromatic heterocycles. The van der Waals surface area contributed by atoms with Gasteiger partial charge >= 0.3 is 0 Å². The Morgan fingerprint density at radius 3 is 2.83 bits per heavy atom. The standard InChI is InChI=1S/C23H25N5O2/c1-15(30-17-10-3-2-4-11-17)23(29)25-13-6-5-8-16-9-7-12-18-19(16)20-21(22(24)28-18)27-14-26-20/h2-4,7,9-12,14-15H,5-6,8,13H2,1H3,(H2,24,28)(H,25,29)(H,26,27). The molecule has 7 nitrogen and oxygen atoms in total. The normalized spacial score (nSPS) is 12.2. The number of fused-ring (bicyclic) bond motifs is 3. The lowest BCUT2D eigenvalue weighted by Gasteiger charge is -2.14.